The lowest BCUT2D eigenvalue weighted by atomic mass is 9.67. The Bertz CT molecular complexity index is 2810. The second kappa shape index (κ2) is 11.2. The van der Waals surface area contributed by atoms with Gasteiger partial charge in [0.15, 0.2) is 0 Å². The van der Waals surface area contributed by atoms with E-state index in [2.05, 4.69) is 194 Å². The molecule has 0 unspecified atom stereocenters. The van der Waals surface area contributed by atoms with Crippen LogP contribution in [0, 0.1) is 0 Å². The SMILES string of the molecule is c1ccc(-c2cc(-c3ccc4c(c3)-c3cccc5cccc(c35)O4)cc3c2-c2cc4ccccc4cc2C3(c2ccccc2)c2ccccc2)cc1. The molecule has 0 saturated heterocycles. The zero-order chi connectivity index (χ0) is 34.2. The molecule has 1 aliphatic carbocycles. The van der Waals surface area contributed by atoms with E-state index in [9.17, 15) is 0 Å². The average Bonchev–Trinajstić information content (AvgIpc) is 3.50. The van der Waals surface area contributed by atoms with Crippen LogP contribution in [-0.4, -0.2) is 0 Å². The first-order valence-electron chi connectivity index (χ1n) is 18.0. The molecular formula is C51H32O. The van der Waals surface area contributed by atoms with Gasteiger partial charge in [-0.15, -0.1) is 0 Å². The van der Waals surface area contributed by atoms with Crippen molar-refractivity contribution in [1.82, 2.24) is 0 Å². The van der Waals surface area contributed by atoms with Gasteiger partial charge in [0.05, 0.1) is 5.41 Å². The maximum absolute atomic E-state index is 6.54. The summed E-state index contributed by atoms with van der Waals surface area (Å²) in [4.78, 5) is 0. The predicted octanol–water partition coefficient (Wildman–Crippen LogP) is 13.5. The molecular weight excluding hydrogens is 629 g/mol. The molecule has 0 atom stereocenters. The summed E-state index contributed by atoms with van der Waals surface area (Å²) in [6.45, 7) is 0. The fourth-order valence-electron chi connectivity index (χ4n) is 9.05. The van der Waals surface area contributed by atoms with Gasteiger partial charge < -0.3 is 4.74 Å². The molecule has 0 bridgehead atoms. The van der Waals surface area contributed by atoms with Crippen molar-refractivity contribution in [2.24, 2.45) is 0 Å². The summed E-state index contributed by atoms with van der Waals surface area (Å²) >= 11 is 0. The fourth-order valence-corrected chi connectivity index (χ4v) is 9.05. The molecule has 9 aromatic rings. The van der Waals surface area contributed by atoms with Gasteiger partial charge in [-0.25, -0.2) is 0 Å². The van der Waals surface area contributed by atoms with Crippen molar-refractivity contribution in [3.05, 3.63) is 216 Å². The number of hydrogen-bond acceptors (Lipinski definition) is 1. The summed E-state index contributed by atoms with van der Waals surface area (Å²) in [6, 6.07) is 71.3. The largest absolute Gasteiger partial charge is 0.456 e. The van der Waals surface area contributed by atoms with Gasteiger partial charge in [0, 0.05) is 10.9 Å². The van der Waals surface area contributed by atoms with E-state index in [0.29, 0.717) is 0 Å². The molecule has 1 nitrogen and oxygen atoms in total. The normalized spacial score (nSPS) is 13.3. The second-order valence-corrected chi connectivity index (χ2v) is 14.0. The monoisotopic (exact) mass is 660 g/mol. The highest BCUT2D eigenvalue weighted by Crippen LogP contribution is 2.60. The minimum absolute atomic E-state index is 0.543. The van der Waals surface area contributed by atoms with Crippen molar-refractivity contribution < 1.29 is 4.74 Å². The van der Waals surface area contributed by atoms with Crippen LogP contribution >= 0.6 is 0 Å². The molecule has 0 fully saturated rings. The Morgan fingerprint density at radius 1 is 0.327 bits per heavy atom. The van der Waals surface area contributed by atoms with Crippen LogP contribution in [0.2, 0.25) is 0 Å². The van der Waals surface area contributed by atoms with Gasteiger partial charge >= 0.3 is 0 Å². The first-order valence-corrected chi connectivity index (χ1v) is 18.0. The Kier molecular flexibility index (Phi) is 6.23. The number of hydrogen-bond donors (Lipinski definition) is 0. The molecule has 0 N–H and O–H groups in total. The molecule has 52 heavy (non-hydrogen) atoms. The minimum Gasteiger partial charge on any atom is -0.456 e. The first-order chi connectivity index (χ1) is 25.8. The van der Waals surface area contributed by atoms with E-state index in [1.807, 2.05) is 0 Å². The van der Waals surface area contributed by atoms with E-state index in [1.54, 1.807) is 0 Å². The second-order valence-electron chi connectivity index (χ2n) is 14.0. The third-order valence-electron chi connectivity index (χ3n) is 11.3. The summed E-state index contributed by atoms with van der Waals surface area (Å²) in [7, 11) is 0. The van der Waals surface area contributed by atoms with Gasteiger partial charge in [0.2, 0.25) is 0 Å². The lowest BCUT2D eigenvalue weighted by molar-refractivity contribution is 0.487. The van der Waals surface area contributed by atoms with E-state index in [4.69, 9.17) is 4.74 Å². The molecule has 0 radical (unpaired) electrons. The lowest BCUT2D eigenvalue weighted by Crippen LogP contribution is -2.28. The Morgan fingerprint density at radius 3 is 1.67 bits per heavy atom. The summed E-state index contributed by atoms with van der Waals surface area (Å²) in [5.74, 6) is 1.80. The molecule has 11 rings (SSSR count). The predicted molar refractivity (Wildman–Crippen MR) is 215 cm³/mol. The van der Waals surface area contributed by atoms with E-state index in [-0.39, 0.29) is 0 Å². The van der Waals surface area contributed by atoms with Gasteiger partial charge in [-0.1, -0.05) is 152 Å². The molecule has 0 aromatic heterocycles. The van der Waals surface area contributed by atoms with E-state index in [1.165, 1.54) is 77.2 Å². The maximum Gasteiger partial charge on any atom is 0.135 e. The van der Waals surface area contributed by atoms with E-state index in [0.717, 1.165) is 22.6 Å². The Hall–Kier alpha value is -6.70. The van der Waals surface area contributed by atoms with Gasteiger partial charge in [-0.05, 0) is 120 Å². The Balaban J connectivity index is 1.26. The molecule has 0 saturated carbocycles. The van der Waals surface area contributed by atoms with E-state index >= 15 is 0 Å². The lowest BCUT2D eigenvalue weighted by Gasteiger charge is -2.34. The minimum atomic E-state index is -0.543. The standard InChI is InChI=1S/C51H32O/c1-4-14-33(15-5-1)42-30-38(37-26-27-47-43(28-37)41-24-12-18-34-19-13-25-48(52-47)49(34)41)32-46-50(42)44-29-35-16-10-11-17-36(35)31-45(44)51(46,39-20-6-2-7-21-39)40-22-8-3-9-23-40/h1-32H. The fraction of sp³-hybridized carbons (Fsp3) is 0.0196. The van der Waals surface area contributed by atoms with Crippen LogP contribution in [0.15, 0.2) is 194 Å². The third kappa shape index (κ3) is 4.11. The van der Waals surface area contributed by atoms with E-state index < -0.39 is 5.41 Å². The molecule has 1 heteroatoms. The van der Waals surface area contributed by atoms with Crippen LogP contribution in [0.4, 0.5) is 0 Å². The molecule has 242 valence electrons. The quantitative estimate of drug-likeness (QED) is 0.183. The van der Waals surface area contributed by atoms with Crippen molar-refractivity contribution in [2.45, 2.75) is 5.41 Å². The summed E-state index contributed by atoms with van der Waals surface area (Å²) in [5, 5.41) is 4.85. The highest BCUT2D eigenvalue weighted by Gasteiger charge is 2.47. The van der Waals surface area contributed by atoms with Crippen LogP contribution in [0.25, 0.3) is 66.1 Å². The molecule has 2 aliphatic rings. The average molecular weight is 661 g/mol. The highest BCUT2D eigenvalue weighted by molar-refractivity contribution is 6.05. The highest BCUT2D eigenvalue weighted by atomic mass is 16.5. The van der Waals surface area contributed by atoms with Crippen molar-refractivity contribution >= 4 is 21.5 Å². The molecule has 0 spiro atoms. The number of benzene rings is 9. The van der Waals surface area contributed by atoms with Crippen LogP contribution < -0.4 is 4.74 Å². The van der Waals surface area contributed by atoms with Crippen molar-refractivity contribution in [3.63, 3.8) is 0 Å². The third-order valence-corrected chi connectivity index (χ3v) is 11.3. The number of rotatable bonds is 4. The summed E-state index contributed by atoms with van der Waals surface area (Å²) < 4.78 is 6.54. The van der Waals surface area contributed by atoms with Crippen LogP contribution in [-0.2, 0) is 5.41 Å². The molecule has 1 heterocycles. The molecule has 0 amide bonds. The van der Waals surface area contributed by atoms with Gasteiger partial charge in [0.1, 0.15) is 11.5 Å². The smallest absolute Gasteiger partial charge is 0.135 e. The number of fused-ring (bicyclic) bond motifs is 6. The maximum atomic E-state index is 6.54. The Labute approximate surface area is 303 Å². The van der Waals surface area contributed by atoms with Gasteiger partial charge in [-0.2, -0.15) is 0 Å². The van der Waals surface area contributed by atoms with Crippen LogP contribution in [0.3, 0.4) is 0 Å². The van der Waals surface area contributed by atoms with Crippen molar-refractivity contribution in [2.75, 3.05) is 0 Å². The van der Waals surface area contributed by atoms with Crippen LogP contribution in [0.5, 0.6) is 11.5 Å². The van der Waals surface area contributed by atoms with Crippen LogP contribution in [0.1, 0.15) is 22.3 Å². The number of ether oxygens (including phenoxy) is 1. The van der Waals surface area contributed by atoms with Crippen molar-refractivity contribution in [3.8, 4) is 56.0 Å². The summed E-state index contributed by atoms with van der Waals surface area (Å²) in [6.07, 6.45) is 0. The van der Waals surface area contributed by atoms with Gasteiger partial charge in [-0.3, -0.25) is 0 Å². The molecule has 9 aromatic carbocycles. The zero-order valence-electron chi connectivity index (χ0n) is 28.4. The summed E-state index contributed by atoms with van der Waals surface area (Å²) in [5.41, 5.74) is 14.3. The molecule has 1 aliphatic heterocycles. The van der Waals surface area contributed by atoms with Crippen molar-refractivity contribution in [1.29, 1.82) is 0 Å². The zero-order valence-corrected chi connectivity index (χ0v) is 28.4. The first kappa shape index (κ1) is 29.1. The van der Waals surface area contributed by atoms with Gasteiger partial charge in [0.25, 0.3) is 0 Å². The topological polar surface area (TPSA) is 9.23 Å². The Morgan fingerprint density at radius 2 is 0.942 bits per heavy atom.